The molecule has 146 valence electrons. The van der Waals surface area contributed by atoms with Gasteiger partial charge < -0.3 is 15.0 Å². The minimum Gasteiger partial charge on any atom is -0.549 e. The number of aromatic hydroxyl groups is 1. The van der Waals surface area contributed by atoms with E-state index in [9.17, 15) is 27.8 Å². The number of rotatable bonds is 6. The molecule has 0 aliphatic heterocycles. The number of sulfonamides is 1. The number of halogens is 1. The maximum Gasteiger partial charge on any atom is 0.262 e. The fraction of sp³-hybridized carbons (Fsp3) is 0.105. The number of phenols is 1. The predicted molar refractivity (Wildman–Crippen MR) is 103 cm³/mol. The highest BCUT2D eigenvalue weighted by atomic mass is 32.2. The SMILES string of the molecule is Cc1cc(F)ccc1S(=O)(=O)Nc1cc(SCC(=O)[O-])c(O)c2ccccc12. The van der Waals surface area contributed by atoms with Gasteiger partial charge in [-0.2, -0.15) is 0 Å². The molecular formula is C19H15FNO5S2-. The van der Waals surface area contributed by atoms with Gasteiger partial charge in [0.25, 0.3) is 10.0 Å². The smallest absolute Gasteiger partial charge is 0.262 e. The summed E-state index contributed by atoms with van der Waals surface area (Å²) in [5.74, 6) is -2.42. The molecule has 0 atom stereocenters. The van der Waals surface area contributed by atoms with Crippen molar-refractivity contribution in [2.45, 2.75) is 16.7 Å². The second-order valence-corrected chi connectivity index (χ2v) is 8.66. The molecule has 0 unspecified atom stereocenters. The van der Waals surface area contributed by atoms with Gasteiger partial charge in [0, 0.05) is 16.5 Å². The maximum atomic E-state index is 13.3. The quantitative estimate of drug-likeness (QED) is 0.469. The molecule has 0 aromatic heterocycles. The van der Waals surface area contributed by atoms with Crippen LogP contribution >= 0.6 is 11.8 Å². The minimum atomic E-state index is -4.05. The van der Waals surface area contributed by atoms with Gasteiger partial charge in [0.1, 0.15) is 11.6 Å². The van der Waals surface area contributed by atoms with E-state index in [4.69, 9.17) is 0 Å². The Hall–Kier alpha value is -2.78. The van der Waals surface area contributed by atoms with E-state index in [0.717, 1.165) is 23.9 Å². The summed E-state index contributed by atoms with van der Waals surface area (Å²) in [5, 5.41) is 22.0. The summed E-state index contributed by atoms with van der Waals surface area (Å²) in [7, 11) is -4.05. The number of anilines is 1. The van der Waals surface area contributed by atoms with E-state index in [1.165, 1.54) is 19.1 Å². The van der Waals surface area contributed by atoms with E-state index in [1.54, 1.807) is 24.3 Å². The van der Waals surface area contributed by atoms with Gasteiger partial charge in [0.05, 0.1) is 21.4 Å². The number of carboxylic acids is 1. The molecule has 0 heterocycles. The molecule has 3 aromatic carbocycles. The number of fused-ring (bicyclic) bond motifs is 1. The molecule has 0 amide bonds. The zero-order valence-corrected chi connectivity index (χ0v) is 16.2. The third-order valence-electron chi connectivity index (χ3n) is 4.00. The Morgan fingerprint density at radius 3 is 2.50 bits per heavy atom. The number of phenolic OH excluding ortho intramolecular Hbond substituents is 1. The number of aryl methyl sites for hydroxylation is 1. The van der Waals surface area contributed by atoms with E-state index >= 15 is 0 Å². The van der Waals surface area contributed by atoms with Crippen LogP contribution in [0.15, 0.2) is 58.3 Å². The Balaban J connectivity index is 2.11. The van der Waals surface area contributed by atoms with Crippen molar-refractivity contribution in [1.29, 1.82) is 0 Å². The Kier molecular flexibility index (Phi) is 5.48. The molecule has 0 aliphatic rings. The van der Waals surface area contributed by atoms with Gasteiger partial charge >= 0.3 is 0 Å². The number of carbonyl (C=O) groups excluding carboxylic acids is 1. The van der Waals surface area contributed by atoms with Gasteiger partial charge in [-0.1, -0.05) is 24.3 Å². The van der Waals surface area contributed by atoms with Crippen LogP contribution in [-0.2, 0) is 14.8 Å². The fourth-order valence-corrected chi connectivity index (χ4v) is 4.80. The molecule has 0 saturated carbocycles. The first-order chi connectivity index (χ1) is 13.2. The fourth-order valence-electron chi connectivity index (χ4n) is 2.78. The number of benzene rings is 3. The van der Waals surface area contributed by atoms with Crippen molar-refractivity contribution >= 4 is 44.2 Å². The molecule has 0 aliphatic carbocycles. The Bertz CT molecular complexity index is 1180. The van der Waals surface area contributed by atoms with Gasteiger partial charge in [-0.15, -0.1) is 11.8 Å². The number of nitrogens with one attached hydrogen (secondary N) is 1. The number of carboxylic acid groups (broad SMARTS) is 1. The van der Waals surface area contributed by atoms with E-state index in [1.807, 2.05) is 0 Å². The van der Waals surface area contributed by atoms with Gasteiger partial charge in [0.15, 0.2) is 0 Å². The summed E-state index contributed by atoms with van der Waals surface area (Å²) in [6.07, 6.45) is 0. The van der Waals surface area contributed by atoms with Crippen LogP contribution in [0.5, 0.6) is 5.75 Å². The van der Waals surface area contributed by atoms with Crippen molar-refractivity contribution in [2.24, 2.45) is 0 Å². The predicted octanol–water partition coefficient (Wildman–Crippen LogP) is 2.64. The first kappa shape index (κ1) is 20.0. The van der Waals surface area contributed by atoms with Crippen LogP contribution < -0.4 is 9.83 Å². The van der Waals surface area contributed by atoms with E-state index in [-0.39, 0.29) is 26.8 Å². The Morgan fingerprint density at radius 1 is 1.18 bits per heavy atom. The first-order valence-electron chi connectivity index (χ1n) is 8.05. The highest BCUT2D eigenvalue weighted by molar-refractivity contribution is 8.00. The van der Waals surface area contributed by atoms with Crippen molar-refractivity contribution in [3.8, 4) is 5.75 Å². The summed E-state index contributed by atoms with van der Waals surface area (Å²) < 4.78 is 41.4. The molecule has 28 heavy (non-hydrogen) atoms. The second kappa shape index (κ2) is 7.69. The molecule has 0 saturated heterocycles. The van der Waals surface area contributed by atoms with Crippen molar-refractivity contribution in [2.75, 3.05) is 10.5 Å². The Morgan fingerprint density at radius 2 is 1.86 bits per heavy atom. The molecule has 3 rings (SSSR count). The molecule has 2 N–H and O–H groups in total. The Labute approximate surface area is 165 Å². The van der Waals surface area contributed by atoms with E-state index in [2.05, 4.69) is 4.72 Å². The van der Waals surface area contributed by atoms with Gasteiger partial charge in [0.2, 0.25) is 0 Å². The molecular weight excluding hydrogens is 405 g/mol. The molecule has 0 bridgehead atoms. The second-order valence-electron chi connectivity index (χ2n) is 5.99. The third kappa shape index (κ3) is 4.05. The normalized spacial score (nSPS) is 11.5. The van der Waals surface area contributed by atoms with E-state index < -0.39 is 27.6 Å². The lowest BCUT2D eigenvalue weighted by Crippen LogP contribution is -2.24. The molecule has 3 aromatic rings. The van der Waals surface area contributed by atoms with Crippen molar-refractivity contribution < 1.29 is 27.8 Å². The lowest BCUT2D eigenvalue weighted by atomic mass is 10.1. The molecule has 6 nitrogen and oxygen atoms in total. The lowest BCUT2D eigenvalue weighted by Gasteiger charge is -2.16. The highest BCUT2D eigenvalue weighted by Gasteiger charge is 2.20. The first-order valence-corrected chi connectivity index (χ1v) is 10.5. The number of thioether (sulfide) groups is 1. The van der Waals surface area contributed by atoms with Gasteiger partial charge in [-0.3, -0.25) is 4.72 Å². The highest BCUT2D eigenvalue weighted by Crippen LogP contribution is 2.40. The van der Waals surface area contributed by atoms with Crippen LogP contribution in [0, 0.1) is 12.7 Å². The summed E-state index contributed by atoms with van der Waals surface area (Å²) in [6, 6.07) is 11.3. The van der Waals surface area contributed by atoms with Crippen LogP contribution in [0.1, 0.15) is 5.56 Å². The zero-order valence-electron chi connectivity index (χ0n) is 14.6. The maximum absolute atomic E-state index is 13.3. The molecule has 9 heteroatoms. The topological polar surface area (TPSA) is 107 Å². The van der Waals surface area contributed by atoms with Crippen LogP contribution in [0.3, 0.4) is 0 Å². The summed E-state index contributed by atoms with van der Waals surface area (Å²) in [5.41, 5.74) is 0.403. The van der Waals surface area contributed by atoms with Crippen LogP contribution in [0.25, 0.3) is 10.8 Å². The molecule has 0 radical (unpaired) electrons. The van der Waals surface area contributed by atoms with Crippen molar-refractivity contribution in [3.05, 3.63) is 59.9 Å². The number of carbonyl (C=O) groups is 1. The zero-order chi connectivity index (χ0) is 20.5. The molecule has 0 spiro atoms. The van der Waals surface area contributed by atoms with E-state index in [0.29, 0.717) is 10.8 Å². The average molecular weight is 420 g/mol. The number of hydrogen-bond acceptors (Lipinski definition) is 6. The molecule has 0 fully saturated rings. The standard InChI is InChI=1S/C19H16FNO5S2/c1-11-8-12(20)6-7-17(11)28(25,26)21-15-9-16(27-10-18(22)23)19(24)14-5-3-2-4-13(14)15/h2-9,21,24H,10H2,1H3,(H,22,23)/p-1. The van der Waals surface area contributed by atoms with Crippen LogP contribution in [0.2, 0.25) is 0 Å². The van der Waals surface area contributed by atoms with Crippen LogP contribution in [-0.4, -0.2) is 25.2 Å². The largest absolute Gasteiger partial charge is 0.549 e. The summed E-state index contributed by atoms with van der Waals surface area (Å²) in [6.45, 7) is 1.48. The van der Waals surface area contributed by atoms with Crippen molar-refractivity contribution in [1.82, 2.24) is 0 Å². The number of aliphatic carboxylic acids is 1. The van der Waals surface area contributed by atoms with Crippen molar-refractivity contribution in [3.63, 3.8) is 0 Å². The summed E-state index contributed by atoms with van der Waals surface area (Å²) in [4.78, 5) is 10.9. The summed E-state index contributed by atoms with van der Waals surface area (Å²) >= 11 is 0.815. The monoisotopic (exact) mass is 420 g/mol. The lowest BCUT2D eigenvalue weighted by molar-refractivity contribution is -0.301. The average Bonchev–Trinajstić information content (AvgIpc) is 2.62. The third-order valence-corrected chi connectivity index (χ3v) is 6.53. The number of hydrogen-bond donors (Lipinski definition) is 2. The van der Waals surface area contributed by atoms with Gasteiger partial charge in [-0.05, 0) is 36.8 Å². The van der Waals surface area contributed by atoms with Crippen LogP contribution in [0.4, 0.5) is 10.1 Å². The van der Waals surface area contributed by atoms with Gasteiger partial charge in [-0.25, -0.2) is 12.8 Å². The minimum absolute atomic E-state index is 0.0880.